The van der Waals surface area contributed by atoms with Gasteiger partial charge in [-0.1, -0.05) is 19.3 Å². The maximum absolute atomic E-state index is 13.2. The van der Waals surface area contributed by atoms with Crippen molar-refractivity contribution in [2.24, 2.45) is 0 Å². The van der Waals surface area contributed by atoms with E-state index in [0.29, 0.717) is 0 Å². The van der Waals surface area contributed by atoms with Crippen LogP contribution in [0.4, 0.5) is 10.1 Å². The van der Waals surface area contributed by atoms with Crippen LogP contribution in [0.15, 0.2) is 42.5 Å². The molecule has 166 valence electrons. The second-order valence-corrected chi connectivity index (χ2v) is 8.07. The summed E-state index contributed by atoms with van der Waals surface area (Å²) in [5.74, 6) is -2.79. The number of nitrogens with one attached hydrogen (secondary N) is 1. The lowest BCUT2D eigenvalue weighted by Gasteiger charge is -2.24. The average Bonchev–Trinajstić information content (AvgIpc) is 3.04. The first kappa shape index (κ1) is 21.7. The molecule has 0 radical (unpaired) electrons. The SMILES string of the molecule is CC(OC(=O)c1ccc2c(c1)C(=O)N(c1ccc(F)cc1)C2=O)C(=O)NC1CCCCC1. The van der Waals surface area contributed by atoms with Gasteiger partial charge in [-0.25, -0.2) is 14.1 Å². The lowest BCUT2D eigenvalue weighted by atomic mass is 9.95. The summed E-state index contributed by atoms with van der Waals surface area (Å²) in [5.41, 5.74) is 0.477. The molecule has 8 heteroatoms. The van der Waals surface area contributed by atoms with Crippen molar-refractivity contribution in [3.05, 3.63) is 65.0 Å². The number of rotatable bonds is 5. The molecule has 1 aliphatic heterocycles. The molecule has 0 bridgehead atoms. The molecule has 0 spiro atoms. The number of hydrogen-bond donors (Lipinski definition) is 1. The molecule has 0 saturated heterocycles. The van der Waals surface area contributed by atoms with Crippen LogP contribution in [0.5, 0.6) is 0 Å². The number of esters is 1. The van der Waals surface area contributed by atoms with Crippen LogP contribution in [0.3, 0.4) is 0 Å². The average molecular weight is 438 g/mol. The molecule has 2 aliphatic rings. The molecular weight excluding hydrogens is 415 g/mol. The summed E-state index contributed by atoms with van der Waals surface area (Å²) < 4.78 is 18.5. The van der Waals surface area contributed by atoms with Crippen molar-refractivity contribution in [2.45, 2.75) is 51.2 Å². The number of carbonyl (C=O) groups excluding carboxylic acids is 4. The topological polar surface area (TPSA) is 92.8 Å². The Morgan fingerprint density at radius 2 is 1.66 bits per heavy atom. The Morgan fingerprint density at radius 1 is 1.00 bits per heavy atom. The molecule has 1 aliphatic carbocycles. The van der Waals surface area contributed by atoms with Crippen molar-refractivity contribution in [1.82, 2.24) is 5.32 Å². The quantitative estimate of drug-likeness (QED) is 0.569. The maximum Gasteiger partial charge on any atom is 0.338 e. The summed E-state index contributed by atoms with van der Waals surface area (Å²) in [5, 5.41) is 2.91. The maximum atomic E-state index is 13.2. The Morgan fingerprint density at radius 3 is 2.34 bits per heavy atom. The zero-order chi connectivity index (χ0) is 22.8. The molecule has 1 fully saturated rings. The third-order valence-corrected chi connectivity index (χ3v) is 5.81. The van der Waals surface area contributed by atoms with E-state index in [1.165, 1.54) is 37.3 Å². The third-order valence-electron chi connectivity index (χ3n) is 5.81. The molecular formula is C24H23FN2O5. The van der Waals surface area contributed by atoms with E-state index in [2.05, 4.69) is 5.32 Å². The second kappa shape index (κ2) is 8.90. The highest BCUT2D eigenvalue weighted by molar-refractivity contribution is 6.34. The highest BCUT2D eigenvalue weighted by Gasteiger charge is 2.37. The van der Waals surface area contributed by atoms with Crippen molar-refractivity contribution >= 4 is 29.4 Å². The van der Waals surface area contributed by atoms with Gasteiger partial charge in [-0.2, -0.15) is 0 Å². The van der Waals surface area contributed by atoms with Crippen molar-refractivity contribution in [3.63, 3.8) is 0 Å². The van der Waals surface area contributed by atoms with Crippen molar-refractivity contribution in [3.8, 4) is 0 Å². The standard InChI is InChI=1S/C24H23FN2O5/c1-14(21(28)26-17-5-3-2-4-6-17)32-24(31)15-7-12-19-20(13-15)23(30)27(22(19)29)18-10-8-16(25)9-11-18/h7-14,17H,2-6H2,1H3,(H,26,28). The molecule has 7 nitrogen and oxygen atoms in total. The number of fused-ring (bicyclic) bond motifs is 1. The van der Waals surface area contributed by atoms with Crippen LogP contribution in [-0.4, -0.2) is 35.8 Å². The smallest absolute Gasteiger partial charge is 0.338 e. The molecule has 1 heterocycles. The predicted octanol–water partition coefficient (Wildman–Crippen LogP) is 3.62. The van der Waals surface area contributed by atoms with E-state index in [1.807, 2.05) is 0 Å². The summed E-state index contributed by atoms with van der Waals surface area (Å²) in [7, 11) is 0. The first-order valence-corrected chi connectivity index (χ1v) is 10.6. The summed E-state index contributed by atoms with van der Waals surface area (Å²) in [6.45, 7) is 1.49. The van der Waals surface area contributed by atoms with Gasteiger partial charge in [0.15, 0.2) is 6.10 Å². The Hall–Kier alpha value is -3.55. The molecule has 4 rings (SSSR count). The molecule has 2 aromatic carbocycles. The zero-order valence-electron chi connectivity index (χ0n) is 17.6. The fourth-order valence-corrected chi connectivity index (χ4v) is 4.04. The number of carbonyl (C=O) groups is 4. The van der Waals surface area contributed by atoms with Crippen LogP contribution in [0.25, 0.3) is 0 Å². The van der Waals surface area contributed by atoms with Gasteiger partial charge in [0, 0.05) is 6.04 Å². The van der Waals surface area contributed by atoms with Gasteiger partial charge < -0.3 is 10.1 Å². The van der Waals surface area contributed by atoms with E-state index >= 15 is 0 Å². The van der Waals surface area contributed by atoms with Gasteiger partial charge in [0.05, 0.1) is 22.4 Å². The van der Waals surface area contributed by atoms with Crippen LogP contribution in [-0.2, 0) is 9.53 Å². The zero-order valence-corrected chi connectivity index (χ0v) is 17.6. The minimum Gasteiger partial charge on any atom is -0.449 e. The molecule has 0 aromatic heterocycles. The summed E-state index contributed by atoms with van der Waals surface area (Å²) in [6.07, 6.45) is 4.13. The number of ether oxygens (including phenoxy) is 1. The highest BCUT2D eigenvalue weighted by Crippen LogP contribution is 2.29. The lowest BCUT2D eigenvalue weighted by Crippen LogP contribution is -2.42. The van der Waals surface area contributed by atoms with Gasteiger partial charge in [-0.05, 0) is 62.2 Å². The summed E-state index contributed by atoms with van der Waals surface area (Å²) >= 11 is 0. The number of imide groups is 1. The molecule has 1 unspecified atom stereocenters. The fraction of sp³-hybridized carbons (Fsp3) is 0.333. The number of benzene rings is 2. The van der Waals surface area contributed by atoms with Crippen molar-refractivity contribution in [1.29, 1.82) is 0 Å². The second-order valence-electron chi connectivity index (χ2n) is 8.07. The fourth-order valence-electron chi connectivity index (χ4n) is 4.04. The van der Waals surface area contributed by atoms with Crippen LogP contribution < -0.4 is 10.2 Å². The minimum atomic E-state index is -0.995. The summed E-state index contributed by atoms with van der Waals surface area (Å²) in [6, 6.07) is 9.11. The van der Waals surface area contributed by atoms with E-state index in [9.17, 15) is 23.6 Å². The van der Waals surface area contributed by atoms with Gasteiger partial charge in [0.1, 0.15) is 5.82 Å². The monoisotopic (exact) mass is 438 g/mol. The van der Waals surface area contributed by atoms with Gasteiger partial charge in [0.25, 0.3) is 17.7 Å². The van der Waals surface area contributed by atoms with Gasteiger partial charge in [0.2, 0.25) is 0 Å². The van der Waals surface area contributed by atoms with Gasteiger partial charge in [-0.3, -0.25) is 14.4 Å². The molecule has 2 aromatic rings. The van der Waals surface area contributed by atoms with Crippen molar-refractivity contribution in [2.75, 3.05) is 4.90 Å². The largest absolute Gasteiger partial charge is 0.449 e. The predicted molar refractivity (Wildman–Crippen MR) is 114 cm³/mol. The van der Waals surface area contributed by atoms with Crippen LogP contribution in [0.2, 0.25) is 0 Å². The number of nitrogens with zero attached hydrogens (tertiary/aromatic N) is 1. The van der Waals surface area contributed by atoms with Crippen molar-refractivity contribution < 1.29 is 28.3 Å². The van der Waals surface area contributed by atoms with E-state index in [0.717, 1.165) is 49.1 Å². The van der Waals surface area contributed by atoms with E-state index < -0.39 is 29.7 Å². The first-order valence-electron chi connectivity index (χ1n) is 10.6. The highest BCUT2D eigenvalue weighted by atomic mass is 19.1. The summed E-state index contributed by atoms with van der Waals surface area (Å²) in [4.78, 5) is 51.4. The van der Waals surface area contributed by atoms with E-state index in [-0.39, 0.29) is 34.3 Å². The minimum absolute atomic E-state index is 0.0492. The van der Waals surface area contributed by atoms with Crippen LogP contribution in [0.1, 0.15) is 70.1 Å². The van der Waals surface area contributed by atoms with Gasteiger partial charge >= 0.3 is 5.97 Å². The Balaban J connectivity index is 1.46. The number of hydrogen-bond acceptors (Lipinski definition) is 5. The van der Waals surface area contributed by atoms with Crippen LogP contribution >= 0.6 is 0 Å². The molecule has 3 amide bonds. The van der Waals surface area contributed by atoms with Crippen LogP contribution in [0, 0.1) is 5.82 Å². The third kappa shape index (κ3) is 4.26. The lowest BCUT2D eigenvalue weighted by molar-refractivity contribution is -0.130. The molecule has 1 N–H and O–H groups in total. The normalized spacial score (nSPS) is 17.1. The molecule has 32 heavy (non-hydrogen) atoms. The Labute approximate surface area is 184 Å². The van der Waals surface area contributed by atoms with E-state index in [1.54, 1.807) is 0 Å². The van der Waals surface area contributed by atoms with Gasteiger partial charge in [-0.15, -0.1) is 0 Å². The number of anilines is 1. The molecule has 1 saturated carbocycles. The number of halogens is 1. The first-order chi connectivity index (χ1) is 15.3. The Kier molecular flexibility index (Phi) is 6.03. The number of amides is 3. The molecule has 1 atom stereocenters. The Bertz CT molecular complexity index is 1080. The van der Waals surface area contributed by atoms with E-state index in [4.69, 9.17) is 4.74 Å².